The number of carbonyl (C=O) groups excluding carboxylic acids is 1. The molecule has 0 saturated heterocycles. The van der Waals surface area contributed by atoms with Gasteiger partial charge < -0.3 is 0 Å². The molecule has 0 atom stereocenters. The molecule has 0 unspecified atom stereocenters. The third kappa shape index (κ3) is 2.38. The van der Waals surface area contributed by atoms with Crippen LogP contribution in [0, 0.1) is 0 Å². The summed E-state index contributed by atoms with van der Waals surface area (Å²) in [6, 6.07) is 0. The van der Waals surface area contributed by atoms with Gasteiger partial charge in [-0.25, -0.2) is 0 Å². The maximum absolute atomic E-state index is 11.2. The Balaban J connectivity index is 2.43. The Morgan fingerprint density at radius 2 is 2.55 bits per heavy atom. The molecule has 0 aliphatic heterocycles. The summed E-state index contributed by atoms with van der Waals surface area (Å²) >= 11 is 1.17. The molecule has 0 aromatic carbocycles. The summed E-state index contributed by atoms with van der Waals surface area (Å²) < 4.78 is 3.62. The Labute approximate surface area is 69.6 Å². The highest BCUT2D eigenvalue weighted by Crippen LogP contribution is 2.08. The molecule has 0 bridgehead atoms. The second kappa shape index (κ2) is 4.18. The lowest BCUT2D eigenvalue weighted by molar-refractivity contribution is 0.0983. The maximum atomic E-state index is 11.2. The predicted octanol–water partition coefficient (Wildman–Crippen LogP) is 1.91. The van der Waals surface area contributed by atoms with Crippen molar-refractivity contribution >= 4 is 17.3 Å². The van der Waals surface area contributed by atoms with Crippen LogP contribution in [0.15, 0.2) is 6.20 Å². The molecule has 1 aromatic rings. The van der Waals surface area contributed by atoms with E-state index >= 15 is 0 Å². The normalized spacial score (nSPS) is 9.91. The van der Waals surface area contributed by atoms with Gasteiger partial charge in [-0.15, -0.1) is 5.10 Å². The molecule has 60 valence electrons. The van der Waals surface area contributed by atoms with Crippen molar-refractivity contribution in [2.24, 2.45) is 0 Å². The molecular weight excluding hydrogens is 160 g/mol. The Morgan fingerprint density at radius 1 is 1.73 bits per heavy atom. The number of rotatable bonds is 4. The number of nitrogens with zero attached hydrogens (tertiary/aromatic N) is 2. The van der Waals surface area contributed by atoms with E-state index in [0.717, 1.165) is 12.8 Å². The third-order valence-corrected chi connectivity index (χ3v) is 2.10. The number of hydrogen-bond acceptors (Lipinski definition) is 4. The van der Waals surface area contributed by atoms with Crippen molar-refractivity contribution in [3.8, 4) is 0 Å². The van der Waals surface area contributed by atoms with Gasteiger partial charge in [0.05, 0.1) is 6.20 Å². The standard InChI is InChI=1S/C7H10N2OS/c1-2-3-4-6(10)7-5-8-9-11-7/h5H,2-4H2,1H3. The fourth-order valence-corrected chi connectivity index (χ4v) is 1.23. The lowest BCUT2D eigenvalue weighted by Crippen LogP contribution is -1.94. The van der Waals surface area contributed by atoms with Gasteiger partial charge >= 0.3 is 0 Å². The van der Waals surface area contributed by atoms with Crippen molar-refractivity contribution in [2.45, 2.75) is 26.2 Å². The van der Waals surface area contributed by atoms with Crippen LogP contribution in [-0.2, 0) is 0 Å². The second-order valence-corrected chi connectivity index (χ2v) is 3.09. The molecule has 0 saturated carbocycles. The van der Waals surface area contributed by atoms with E-state index in [1.807, 2.05) is 0 Å². The molecule has 0 fully saturated rings. The van der Waals surface area contributed by atoms with Gasteiger partial charge in [-0.2, -0.15) is 0 Å². The fourth-order valence-electron chi connectivity index (χ4n) is 0.751. The van der Waals surface area contributed by atoms with Crippen molar-refractivity contribution < 1.29 is 4.79 Å². The van der Waals surface area contributed by atoms with Crippen LogP contribution in [0.1, 0.15) is 35.9 Å². The van der Waals surface area contributed by atoms with E-state index in [0.29, 0.717) is 11.3 Å². The van der Waals surface area contributed by atoms with Crippen molar-refractivity contribution in [2.75, 3.05) is 0 Å². The number of hydrogen-bond donors (Lipinski definition) is 0. The fraction of sp³-hybridized carbons (Fsp3) is 0.571. The quantitative estimate of drug-likeness (QED) is 0.648. The summed E-state index contributed by atoms with van der Waals surface area (Å²) in [7, 11) is 0. The Hall–Kier alpha value is -0.770. The van der Waals surface area contributed by atoms with Gasteiger partial charge in [-0.3, -0.25) is 4.79 Å². The van der Waals surface area contributed by atoms with Crippen LogP contribution in [-0.4, -0.2) is 15.4 Å². The Kier molecular flexibility index (Phi) is 3.16. The van der Waals surface area contributed by atoms with Crippen LogP contribution in [0.4, 0.5) is 0 Å². The minimum Gasteiger partial charge on any atom is -0.293 e. The van der Waals surface area contributed by atoms with Crippen molar-refractivity contribution in [1.29, 1.82) is 0 Å². The topological polar surface area (TPSA) is 42.9 Å². The second-order valence-electron chi connectivity index (χ2n) is 2.31. The molecule has 0 amide bonds. The summed E-state index contributed by atoms with van der Waals surface area (Å²) in [4.78, 5) is 11.9. The summed E-state index contributed by atoms with van der Waals surface area (Å²) in [5.74, 6) is 0.168. The minimum absolute atomic E-state index is 0.168. The SMILES string of the molecule is CCCCC(=O)c1cnns1. The molecule has 0 radical (unpaired) electrons. The number of Topliss-reactive ketones (excluding diaryl/α,β-unsaturated/α-hetero) is 1. The summed E-state index contributed by atoms with van der Waals surface area (Å²) in [6.07, 6.45) is 4.16. The molecule has 1 aromatic heterocycles. The van der Waals surface area contributed by atoms with E-state index in [1.165, 1.54) is 17.7 Å². The number of ketones is 1. The van der Waals surface area contributed by atoms with Gasteiger partial charge in [-0.1, -0.05) is 17.8 Å². The molecular formula is C7H10N2OS. The highest BCUT2D eigenvalue weighted by molar-refractivity contribution is 7.07. The number of carbonyl (C=O) groups is 1. The lowest BCUT2D eigenvalue weighted by Gasteiger charge is -1.91. The van der Waals surface area contributed by atoms with Crippen LogP contribution >= 0.6 is 11.5 Å². The summed E-state index contributed by atoms with van der Waals surface area (Å²) in [5.41, 5.74) is 0. The zero-order valence-corrected chi connectivity index (χ0v) is 7.23. The number of aromatic nitrogens is 2. The van der Waals surface area contributed by atoms with E-state index in [-0.39, 0.29) is 5.78 Å². The third-order valence-electron chi connectivity index (χ3n) is 1.39. The van der Waals surface area contributed by atoms with Crippen LogP contribution in [0.25, 0.3) is 0 Å². The molecule has 11 heavy (non-hydrogen) atoms. The van der Waals surface area contributed by atoms with Crippen LogP contribution < -0.4 is 0 Å². The van der Waals surface area contributed by atoms with Crippen LogP contribution in [0.5, 0.6) is 0 Å². The van der Waals surface area contributed by atoms with Crippen molar-refractivity contribution in [3.63, 3.8) is 0 Å². The molecule has 0 spiro atoms. The first-order valence-electron chi connectivity index (χ1n) is 3.65. The summed E-state index contributed by atoms with van der Waals surface area (Å²) in [5, 5.41) is 3.60. The van der Waals surface area contributed by atoms with E-state index < -0.39 is 0 Å². The van der Waals surface area contributed by atoms with Crippen molar-refractivity contribution in [3.05, 3.63) is 11.1 Å². The monoisotopic (exact) mass is 170 g/mol. The summed E-state index contributed by atoms with van der Waals surface area (Å²) in [6.45, 7) is 2.07. The van der Waals surface area contributed by atoms with Gasteiger partial charge in [0, 0.05) is 6.42 Å². The van der Waals surface area contributed by atoms with E-state index in [2.05, 4.69) is 16.5 Å². The molecule has 0 N–H and O–H groups in total. The minimum atomic E-state index is 0.168. The van der Waals surface area contributed by atoms with E-state index in [9.17, 15) is 4.79 Å². The van der Waals surface area contributed by atoms with Crippen molar-refractivity contribution in [1.82, 2.24) is 9.59 Å². The first-order chi connectivity index (χ1) is 5.34. The largest absolute Gasteiger partial charge is 0.293 e. The van der Waals surface area contributed by atoms with Crippen LogP contribution in [0.2, 0.25) is 0 Å². The van der Waals surface area contributed by atoms with Crippen LogP contribution in [0.3, 0.4) is 0 Å². The zero-order valence-electron chi connectivity index (χ0n) is 6.41. The smallest absolute Gasteiger partial charge is 0.176 e. The van der Waals surface area contributed by atoms with Gasteiger partial charge in [0.2, 0.25) is 0 Å². The van der Waals surface area contributed by atoms with Gasteiger partial charge in [0.25, 0.3) is 0 Å². The van der Waals surface area contributed by atoms with Gasteiger partial charge in [0.1, 0.15) is 4.88 Å². The molecule has 3 nitrogen and oxygen atoms in total. The molecule has 1 rings (SSSR count). The molecule has 1 heterocycles. The average Bonchev–Trinajstić information content (AvgIpc) is 2.52. The first kappa shape index (κ1) is 8.33. The lowest BCUT2D eigenvalue weighted by atomic mass is 10.2. The highest BCUT2D eigenvalue weighted by Gasteiger charge is 2.06. The zero-order chi connectivity index (χ0) is 8.10. The molecule has 4 heteroatoms. The first-order valence-corrected chi connectivity index (χ1v) is 4.42. The molecule has 0 aliphatic rings. The number of unbranched alkanes of at least 4 members (excludes halogenated alkanes) is 1. The van der Waals surface area contributed by atoms with E-state index in [1.54, 1.807) is 0 Å². The molecule has 0 aliphatic carbocycles. The van der Waals surface area contributed by atoms with Gasteiger partial charge in [-0.05, 0) is 18.0 Å². The average molecular weight is 170 g/mol. The Morgan fingerprint density at radius 3 is 3.09 bits per heavy atom. The van der Waals surface area contributed by atoms with Gasteiger partial charge in [0.15, 0.2) is 5.78 Å². The highest BCUT2D eigenvalue weighted by atomic mass is 32.1. The Bertz CT molecular complexity index is 220. The maximum Gasteiger partial charge on any atom is 0.176 e. The predicted molar refractivity (Wildman–Crippen MR) is 43.8 cm³/mol. The van der Waals surface area contributed by atoms with E-state index in [4.69, 9.17) is 0 Å².